The van der Waals surface area contributed by atoms with Gasteiger partial charge in [0.05, 0.1) is 11.5 Å². The Hall–Kier alpha value is -1.83. The van der Waals surface area contributed by atoms with Gasteiger partial charge in [-0.2, -0.15) is 0 Å². The van der Waals surface area contributed by atoms with Crippen LogP contribution in [0.15, 0.2) is 0 Å². The third-order valence-corrected chi connectivity index (χ3v) is 4.86. The number of primary amides is 1. The van der Waals surface area contributed by atoms with Crippen LogP contribution in [0.4, 0.5) is 4.79 Å². The van der Waals surface area contributed by atoms with Gasteiger partial charge in [-0.15, -0.1) is 0 Å². The zero-order chi connectivity index (χ0) is 19.0. The molecule has 0 aliphatic carbocycles. The van der Waals surface area contributed by atoms with Gasteiger partial charge in [0.2, 0.25) is 11.8 Å². The van der Waals surface area contributed by atoms with E-state index in [0.29, 0.717) is 32.4 Å². The Morgan fingerprint density at radius 2 is 1.92 bits per heavy atom. The normalized spacial score (nSPS) is 26.7. The second-order valence-electron chi connectivity index (χ2n) is 8.12. The van der Waals surface area contributed by atoms with Gasteiger partial charge in [-0.1, -0.05) is 0 Å². The molecule has 3 N–H and O–H groups in total. The molecular formula is C17H29N3O5. The fraction of sp³-hybridized carbons (Fsp3) is 0.824. The van der Waals surface area contributed by atoms with Crippen LogP contribution in [-0.2, 0) is 14.3 Å². The predicted molar refractivity (Wildman–Crippen MR) is 90.5 cm³/mol. The van der Waals surface area contributed by atoms with Gasteiger partial charge in [0.25, 0.3) is 0 Å². The van der Waals surface area contributed by atoms with Crippen molar-refractivity contribution in [1.82, 2.24) is 9.80 Å². The van der Waals surface area contributed by atoms with E-state index in [1.54, 1.807) is 25.7 Å². The number of carbonyl (C=O) groups is 3. The molecule has 2 rings (SSSR count). The highest BCUT2D eigenvalue weighted by molar-refractivity contribution is 5.92. The lowest BCUT2D eigenvalue weighted by Gasteiger charge is -2.40. The first-order valence-electron chi connectivity index (χ1n) is 8.73. The third-order valence-electron chi connectivity index (χ3n) is 4.86. The summed E-state index contributed by atoms with van der Waals surface area (Å²) in [5, 5.41) is 9.84. The van der Waals surface area contributed by atoms with Crippen molar-refractivity contribution in [2.75, 3.05) is 19.6 Å². The van der Waals surface area contributed by atoms with Crippen molar-refractivity contribution in [2.24, 2.45) is 11.1 Å². The summed E-state index contributed by atoms with van der Waals surface area (Å²) in [4.78, 5) is 40.0. The van der Waals surface area contributed by atoms with E-state index >= 15 is 0 Å². The molecule has 0 radical (unpaired) electrons. The number of hydrogen-bond acceptors (Lipinski definition) is 5. The van der Waals surface area contributed by atoms with Gasteiger partial charge in [0.1, 0.15) is 11.6 Å². The van der Waals surface area contributed by atoms with E-state index in [1.165, 1.54) is 11.8 Å². The van der Waals surface area contributed by atoms with Crippen LogP contribution in [0.1, 0.15) is 47.0 Å². The first-order valence-corrected chi connectivity index (χ1v) is 8.73. The number of hydrogen-bond donors (Lipinski definition) is 2. The number of aliphatic hydroxyl groups is 1. The molecule has 2 heterocycles. The van der Waals surface area contributed by atoms with Crippen LogP contribution in [0.5, 0.6) is 0 Å². The third kappa shape index (κ3) is 4.05. The van der Waals surface area contributed by atoms with E-state index in [-0.39, 0.29) is 12.5 Å². The molecule has 0 aromatic carbocycles. The van der Waals surface area contributed by atoms with Crippen molar-refractivity contribution in [2.45, 2.75) is 64.7 Å². The summed E-state index contributed by atoms with van der Waals surface area (Å²) in [5.41, 5.74) is 4.04. The van der Waals surface area contributed by atoms with Crippen LogP contribution in [0, 0.1) is 5.41 Å². The van der Waals surface area contributed by atoms with Gasteiger partial charge in [0.15, 0.2) is 0 Å². The number of carbonyl (C=O) groups excluding carboxylic acids is 3. The molecule has 0 aromatic heterocycles. The summed E-state index contributed by atoms with van der Waals surface area (Å²) in [6.45, 7) is 8.00. The van der Waals surface area contributed by atoms with Crippen LogP contribution in [0.3, 0.4) is 0 Å². The van der Waals surface area contributed by atoms with Crippen LogP contribution in [-0.4, -0.2) is 70.2 Å². The minimum Gasteiger partial charge on any atom is -0.444 e. The number of likely N-dealkylation sites (tertiary alicyclic amines) is 2. The second kappa shape index (κ2) is 6.82. The standard InChI is InChI=1S/C17H29N3O5/c1-11(21)12(13(18)22)20-9-7-17(14(20)23)6-5-8-19(10-17)15(24)25-16(2,3)4/h11-12,21H,5-10H2,1-4H3,(H2,18,22)/t11-,12+,17?/m1/s1. The molecule has 0 bridgehead atoms. The number of rotatable bonds is 3. The van der Waals surface area contributed by atoms with Crippen LogP contribution in [0.25, 0.3) is 0 Å². The van der Waals surface area contributed by atoms with Crippen molar-refractivity contribution < 1.29 is 24.2 Å². The SMILES string of the molecule is C[C@@H](O)[C@@H](C(N)=O)N1CCC2(CCCN(C(=O)OC(C)(C)C)C2)C1=O. The van der Waals surface area contributed by atoms with Crippen LogP contribution in [0.2, 0.25) is 0 Å². The number of nitrogens with two attached hydrogens (primary N) is 1. The molecule has 2 aliphatic heterocycles. The molecule has 3 amide bonds. The Morgan fingerprint density at radius 3 is 2.44 bits per heavy atom. The van der Waals surface area contributed by atoms with Gasteiger partial charge >= 0.3 is 6.09 Å². The molecule has 1 unspecified atom stereocenters. The topological polar surface area (TPSA) is 113 Å². The minimum absolute atomic E-state index is 0.217. The predicted octanol–water partition coefficient (Wildman–Crippen LogP) is 0.471. The zero-order valence-electron chi connectivity index (χ0n) is 15.4. The molecule has 8 nitrogen and oxygen atoms in total. The van der Waals surface area contributed by atoms with E-state index in [2.05, 4.69) is 0 Å². The first kappa shape index (κ1) is 19.5. The van der Waals surface area contributed by atoms with E-state index in [9.17, 15) is 19.5 Å². The van der Waals surface area contributed by atoms with E-state index < -0.39 is 35.2 Å². The molecule has 0 aromatic rings. The Labute approximate surface area is 148 Å². The average Bonchev–Trinajstić information content (AvgIpc) is 2.75. The van der Waals surface area contributed by atoms with E-state index in [0.717, 1.165) is 0 Å². The van der Waals surface area contributed by atoms with Gasteiger partial charge in [-0.25, -0.2) is 4.79 Å². The maximum absolute atomic E-state index is 13.0. The zero-order valence-corrected chi connectivity index (χ0v) is 15.4. The van der Waals surface area contributed by atoms with Crippen molar-refractivity contribution >= 4 is 17.9 Å². The maximum atomic E-state index is 13.0. The van der Waals surface area contributed by atoms with E-state index in [1.807, 2.05) is 0 Å². The van der Waals surface area contributed by atoms with E-state index in [4.69, 9.17) is 10.5 Å². The molecule has 2 fully saturated rings. The van der Waals surface area contributed by atoms with Gasteiger partial charge in [-0.3, -0.25) is 9.59 Å². The summed E-state index contributed by atoms with van der Waals surface area (Å²) in [6, 6.07) is -1.04. The van der Waals surface area contributed by atoms with Crippen LogP contribution < -0.4 is 5.73 Å². The average molecular weight is 355 g/mol. The molecule has 142 valence electrons. The lowest BCUT2D eigenvalue weighted by Crippen LogP contribution is -2.55. The molecule has 8 heteroatoms. The maximum Gasteiger partial charge on any atom is 0.410 e. The summed E-state index contributed by atoms with van der Waals surface area (Å²) in [7, 11) is 0. The lowest BCUT2D eigenvalue weighted by atomic mass is 9.78. The van der Waals surface area contributed by atoms with Crippen molar-refractivity contribution in [1.29, 1.82) is 0 Å². The number of aliphatic hydroxyl groups excluding tert-OH is 1. The molecule has 0 saturated carbocycles. The summed E-state index contributed by atoms with van der Waals surface area (Å²) in [5.74, 6) is -0.939. The summed E-state index contributed by atoms with van der Waals surface area (Å²) in [6.07, 6.45) is 0.394. The summed E-state index contributed by atoms with van der Waals surface area (Å²) >= 11 is 0. The number of amides is 3. The first-order chi connectivity index (χ1) is 11.5. The largest absolute Gasteiger partial charge is 0.444 e. The minimum atomic E-state index is -1.04. The van der Waals surface area contributed by atoms with Crippen molar-refractivity contribution in [3.05, 3.63) is 0 Å². The lowest BCUT2D eigenvalue weighted by molar-refractivity contribution is -0.147. The Kier molecular flexibility index (Phi) is 5.32. The number of nitrogens with zero attached hydrogens (tertiary/aromatic N) is 2. The number of ether oxygens (including phenoxy) is 1. The molecule has 2 aliphatic rings. The summed E-state index contributed by atoms with van der Waals surface area (Å²) < 4.78 is 5.41. The smallest absolute Gasteiger partial charge is 0.410 e. The Morgan fingerprint density at radius 1 is 1.28 bits per heavy atom. The molecule has 2 saturated heterocycles. The highest BCUT2D eigenvalue weighted by Crippen LogP contribution is 2.41. The highest BCUT2D eigenvalue weighted by atomic mass is 16.6. The molecule has 1 spiro atoms. The quantitative estimate of drug-likeness (QED) is 0.764. The second-order valence-corrected chi connectivity index (χ2v) is 8.12. The van der Waals surface area contributed by atoms with Gasteiger partial charge < -0.3 is 25.4 Å². The fourth-order valence-corrected chi connectivity index (χ4v) is 3.76. The fourth-order valence-electron chi connectivity index (χ4n) is 3.76. The Bertz CT molecular complexity index is 557. The molecule has 3 atom stereocenters. The van der Waals surface area contributed by atoms with Crippen LogP contribution >= 0.6 is 0 Å². The molecule has 25 heavy (non-hydrogen) atoms. The Balaban J connectivity index is 2.15. The van der Waals surface area contributed by atoms with Gasteiger partial charge in [0, 0.05) is 19.6 Å². The van der Waals surface area contributed by atoms with Crippen molar-refractivity contribution in [3.8, 4) is 0 Å². The number of piperidine rings is 1. The molecular weight excluding hydrogens is 326 g/mol. The monoisotopic (exact) mass is 355 g/mol. The highest BCUT2D eigenvalue weighted by Gasteiger charge is 2.52. The van der Waals surface area contributed by atoms with Crippen molar-refractivity contribution in [3.63, 3.8) is 0 Å². The van der Waals surface area contributed by atoms with Gasteiger partial charge in [-0.05, 0) is 47.0 Å².